The Balaban J connectivity index is 1.88. The molecule has 106 valence electrons. The molecule has 2 N–H and O–H groups in total. The van der Waals surface area contributed by atoms with Crippen LogP contribution in [-0.2, 0) is 11.3 Å². The number of rotatable bonds is 6. The van der Waals surface area contributed by atoms with E-state index in [1.165, 1.54) is 12.1 Å². The van der Waals surface area contributed by atoms with Gasteiger partial charge < -0.3 is 15.2 Å². The third kappa shape index (κ3) is 4.05. The summed E-state index contributed by atoms with van der Waals surface area (Å²) in [5, 5.41) is 0. The minimum absolute atomic E-state index is 0.0975. The summed E-state index contributed by atoms with van der Waals surface area (Å²) in [7, 11) is 0. The van der Waals surface area contributed by atoms with Crippen molar-refractivity contribution in [3.8, 4) is 5.75 Å². The van der Waals surface area contributed by atoms with Gasteiger partial charge in [0.2, 0.25) is 0 Å². The molecule has 0 saturated carbocycles. The number of nitrogens with two attached hydrogens (primary N) is 1. The van der Waals surface area contributed by atoms with Crippen LogP contribution in [0.15, 0.2) is 48.5 Å². The zero-order valence-electron chi connectivity index (χ0n) is 11.4. The lowest BCUT2D eigenvalue weighted by Crippen LogP contribution is -2.10. The Morgan fingerprint density at radius 1 is 1.15 bits per heavy atom. The molecule has 0 radical (unpaired) electrons. The van der Waals surface area contributed by atoms with Crippen molar-refractivity contribution in [2.24, 2.45) is 5.73 Å². The minimum atomic E-state index is -0.324. The van der Waals surface area contributed by atoms with Crippen LogP contribution in [0.3, 0.4) is 0 Å². The van der Waals surface area contributed by atoms with Crippen LogP contribution in [0.2, 0.25) is 0 Å². The van der Waals surface area contributed by atoms with E-state index in [-0.39, 0.29) is 18.7 Å². The Morgan fingerprint density at radius 3 is 2.60 bits per heavy atom. The van der Waals surface area contributed by atoms with Crippen LogP contribution in [0.1, 0.15) is 24.1 Å². The molecule has 0 saturated heterocycles. The summed E-state index contributed by atoms with van der Waals surface area (Å²) in [6.07, 6.45) is 0. The Labute approximate surface area is 118 Å². The first-order chi connectivity index (χ1) is 9.66. The van der Waals surface area contributed by atoms with Crippen molar-refractivity contribution < 1.29 is 13.9 Å². The molecule has 0 aliphatic carbocycles. The molecule has 2 rings (SSSR count). The summed E-state index contributed by atoms with van der Waals surface area (Å²) in [6.45, 7) is 2.35. The van der Waals surface area contributed by atoms with Gasteiger partial charge in [0.25, 0.3) is 0 Å². The van der Waals surface area contributed by atoms with Crippen molar-refractivity contribution in [1.82, 2.24) is 0 Å². The van der Waals surface area contributed by atoms with Crippen LogP contribution in [-0.4, -0.2) is 6.79 Å². The van der Waals surface area contributed by atoms with Crippen LogP contribution in [0, 0.1) is 5.82 Å². The first kappa shape index (κ1) is 14.5. The molecule has 0 unspecified atom stereocenters. The molecule has 20 heavy (non-hydrogen) atoms. The topological polar surface area (TPSA) is 44.5 Å². The van der Waals surface area contributed by atoms with Gasteiger partial charge in [0, 0.05) is 11.6 Å². The van der Waals surface area contributed by atoms with Gasteiger partial charge >= 0.3 is 0 Å². The fourth-order valence-electron chi connectivity index (χ4n) is 1.85. The van der Waals surface area contributed by atoms with Gasteiger partial charge in [-0.1, -0.05) is 30.3 Å². The van der Waals surface area contributed by atoms with Gasteiger partial charge in [0.1, 0.15) is 11.6 Å². The van der Waals surface area contributed by atoms with Gasteiger partial charge in [0.05, 0.1) is 6.61 Å². The molecule has 0 aromatic heterocycles. The molecular weight excluding hydrogens is 257 g/mol. The molecule has 3 nitrogen and oxygen atoms in total. The van der Waals surface area contributed by atoms with Crippen molar-refractivity contribution in [1.29, 1.82) is 0 Å². The molecular formula is C16H18FNO2. The summed E-state index contributed by atoms with van der Waals surface area (Å²) in [4.78, 5) is 0. The highest BCUT2D eigenvalue weighted by Crippen LogP contribution is 2.24. The maximum atomic E-state index is 13.2. The maximum absolute atomic E-state index is 13.2. The second-order valence-electron chi connectivity index (χ2n) is 4.57. The monoisotopic (exact) mass is 275 g/mol. The molecule has 1 atom stereocenters. The summed E-state index contributed by atoms with van der Waals surface area (Å²) in [5.41, 5.74) is 7.50. The standard InChI is InChI=1S/C16H18FNO2/c1-12(18)15-9-14(17)7-8-16(15)20-11-19-10-13-5-3-2-4-6-13/h2-9,12H,10-11,18H2,1H3/t12-/m1/s1. The van der Waals surface area contributed by atoms with Crippen LogP contribution >= 0.6 is 0 Å². The molecule has 0 aliphatic rings. The molecule has 0 fully saturated rings. The zero-order chi connectivity index (χ0) is 14.4. The summed E-state index contributed by atoms with van der Waals surface area (Å²) in [5.74, 6) is 0.226. The first-order valence-electron chi connectivity index (χ1n) is 6.46. The smallest absolute Gasteiger partial charge is 0.189 e. The molecule has 0 heterocycles. The Bertz CT molecular complexity index is 543. The number of halogens is 1. The Kier molecular flexibility index (Phi) is 5.09. The van der Waals surface area contributed by atoms with Crippen LogP contribution in [0.4, 0.5) is 4.39 Å². The van der Waals surface area contributed by atoms with Crippen molar-refractivity contribution in [3.05, 3.63) is 65.5 Å². The first-order valence-corrected chi connectivity index (χ1v) is 6.46. The summed E-state index contributed by atoms with van der Waals surface area (Å²) >= 11 is 0. The van der Waals surface area contributed by atoms with Crippen LogP contribution in [0.25, 0.3) is 0 Å². The summed E-state index contributed by atoms with van der Waals surface area (Å²) < 4.78 is 24.1. The molecule has 0 spiro atoms. The summed E-state index contributed by atoms with van der Waals surface area (Å²) in [6, 6.07) is 13.8. The SMILES string of the molecule is C[C@@H](N)c1cc(F)ccc1OCOCc1ccccc1. The van der Waals surface area contributed by atoms with E-state index in [1.54, 1.807) is 13.0 Å². The van der Waals surface area contributed by atoms with E-state index in [2.05, 4.69) is 0 Å². The number of hydrogen-bond donors (Lipinski definition) is 1. The van der Waals surface area contributed by atoms with Gasteiger partial charge in [-0.2, -0.15) is 0 Å². The third-order valence-corrected chi connectivity index (χ3v) is 2.87. The molecule has 2 aromatic carbocycles. The normalized spacial score (nSPS) is 12.2. The lowest BCUT2D eigenvalue weighted by atomic mass is 10.1. The van der Waals surface area contributed by atoms with Crippen molar-refractivity contribution in [3.63, 3.8) is 0 Å². The van der Waals surface area contributed by atoms with E-state index in [1.807, 2.05) is 30.3 Å². The van der Waals surface area contributed by atoms with Gasteiger partial charge in [-0.25, -0.2) is 4.39 Å². The highest BCUT2D eigenvalue weighted by atomic mass is 19.1. The fourth-order valence-corrected chi connectivity index (χ4v) is 1.85. The molecule has 0 aliphatic heterocycles. The number of ether oxygens (including phenoxy) is 2. The minimum Gasteiger partial charge on any atom is -0.467 e. The van der Waals surface area contributed by atoms with Crippen LogP contribution < -0.4 is 10.5 Å². The lowest BCUT2D eigenvalue weighted by molar-refractivity contribution is 0.00436. The van der Waals surface area contributed by atoms with E-state index >= 15 is 0 Å². The zero-order valence-corrected chi connectivity index (χ0v) is 11.4. The molecule has 0 bridgehead atoms. The number of benzene rings is 2. The Hall–Kier alpha value is -1.91. The highest BCUT2D eigenvalue weighted by Gasteiger charge is 2.09. The fraction of sp³-hybridized carbons (Fsp3) is 0.250. The second-order valence-corrected chi connectivity index (χ2v) is 4.57. The molecule has 4 heteroatoms. The van der Waals surface area contributed by atoms with E-state index in [4.69, 9.17) is 15.2 Å². The highest BCUT2D eigenvalue weighted by molar-refractivity contribution is 5.35. The van der Waals surface area contributed by atoms with Gasteiger partial charge in [-0.05, 0) is 30.7 Å². The largest absolute Gasteiger partial charge is 0.467 e. The predicted molar refractivity (Wildman–Crippen MR) is 75.7 cm³/mol. The third-order valence-electron chi connectivity index (χ3n) is 2.87. The van der Waals surface area contributed by atoms with E-state index in [9.17, 15) is 4.39 Å². The van der Waals surface area contributed by atoms with E-state index < -0.39 is 0 Å². The van der Waals surface area contributed by atoms with Crippen molar-refractivity contribution >= 4 is 0 Å². The van der Waals surface area contributed by atoms with Crippen molar-refractivity contribution in [2.75, 3.05) is 6.79 Å². The maximum Gasteiger partial charge on any atom is 0.189 e. The Morgan fingerprint density at radius 2 is 1.90 bits per heavy atom. The van der Waals surface area contributed by atoms with Gasteiger partial charge in [0.15, 0.2) is 6.79 Å². The second kappa shape index (κ2) is 7.03. The molecule has 0 amide bonds. The van der Waals surface area contributed by atoms with E-state index in [0.29, 0.717) is 17.9 Å². The average Bonchev–Trinajstić information content (AvgIpc) is 2.45. The number of hydrogen-bond acceptors (Lipinski definition) is 3. The van der Waals surface area contributed by atoms with E-state index in [0.717, 1.165) is 5.56 Å². The molecule has 2 aromatic rings. The van der Waals surface area contributed by atoms with Gasteiger partial charge in [-0.15, -0.1) is 0 Å². The predicted octanol–water partition coefficient (Wildman–Crippen LogP) is 3.40. The lowest BCUT2D eigenvalue weighted by Gasteiger charge is -2.14. The quantitative estimate of drug-likeness (QED) is 0.649. The van der Waals surface area contributed by atoms with Gasteiger partial charge in [-0.3, -0.25) is 0 Å². The van der Waals surface area contributed by atoms with Crippen molar-refractivity contribution in [2.45, 2.75) is 19.6 Å². The van der Waals surface area contributed by atoms with Crippen LogP contribution in [0.5, 0.6) is 5.75 Å². The average molecular weight is 275 g/mol.